The van der Waals surface area contributed by atoms with E-state index >= 15 is 0 Å². The van der Waals surface area contributed by atoms with Gasteiger partial charge in [-0.15, -0.1) is 0 Å². The number of rotatable bonds is 4. The Kier molecular flexibility index (Phi) is 8.55. The van der Waals surface area contributed by atoms with Crippen LogP contribution in [0.1, 0.15) is 0 Å². The van der Waals surface area contributed by atoms with Gasteiger partial charge >= 0.3 is 12.4 Å². The van der Waals surface area contributed by atoms with Crippen molar-refractivity contribution < 1.29 is 52.5 Å². The van der Waals surface area contributed by atoms with Gasteiger partial charge < -0.3 is 9.73 Å². The van der Waals surface area contributed by atoms with E-state index in [4.69, 9.17) is 8.97 Å². The molecule has 0 atom stereocenters. The summed E-state index contributed by atoms with van der Waals surface area (Å²) in [5.74, 6) is -2.13. The topological polar surface area (TPSA) is 91.9 Å². The van der Waals surface area contributed by atoms with Gasteiger partial charge in [0.25, 0.3) is 10.1 Å². The van der Waals surface area contributed by atoms with Gasteiger partial charge in [0.1, 0.15) is 36.1 Å². The maximum Gasteiger partial charge on any atom is 0.407 e. The highest BCUT2D eigenvalue weighted by Crippen LogP contribution is 2.41. The number of halogens is 8. The van der Waals surface area contributed by atoms with Crippen LogP contribution in [0.15, 0.2) is 64.0 Å². The molecule has 2 aromatic rings. The molecule has 210 valence electrons. The molecule has 1 aliphatic heterocycles. The van der Waals surface area contributed by atoms with Gasteiger partial charge in [-0.1, -0.05) is 30.3 Å². The second-order valence-corrected chi connectivity index (χ2v) is 9.57. The molecule has 1 aliphatic carbocycles. The van der Waals surface area contributed by atoms with E-state index < -0.39 is 58.2 Å². The summed E-state index contributed by atoms with van der Waals surface area (Å²) in [6.07, 6.45) is -8.55. The van der Waals surface area contributed by atoms with Crippen molar-refractivity contribution in [3.8, 4) is 22.5 Å². The maximum atomic E-state index is 14.7. The lowest BCUT2D eigenvalue weighted by Gasteiger charge is -2.17. The highest BCUT2D eigenvalue weighted by atomic mass is 32.2. The van der Waals surface area contributed by atoms with E-state index in [1.165, 1.54) is 0 Å². The predicted octanol–water partition coefficient (Wildman–Crippen LogP) is 6.42. The number of nitrogens with one attached hydrogen (secondary N) is 1. The molecule has 0 bridgehead atoms. The van der Waals surface area contributed by atoms with Crippen LogP contribution in [-0.2, 0) is 10.1 Å². The van der Waals surface area contributed by atoms with Gasteiger partial charge in [-0.2, -0.15) is 34.8 Å². The van der Waals surface area contributed by atoms with Crippen molar-refractivity contribution in [1.82, 2.24) is 0 Å². The van der Waals surface area contributed by atoms with Gasteiger partial charge in [0.2, 0.25) is 0 Å². The Balaban J connectivity index is 0.000000771. The van der Waals surface area contributed by atoms with E-state index in [0.29, 0.717) is 17.4 Å². The summed E-state index contributed by atoms with van der Waals surface area (Å²) in [5.41, 5.74) is 0.363. The summed E-state index contributed by atoms with van der Waals surface area (Å²) < 4.78 is 136. The molecule has 0 unspecified atom stereocenters. The van der Waals surface area contributed by atoms with Crippen LogP contribution >= 0.6 is 0 Å². The van der Waals surface area contributed by atoms with Crippen LogP contribution in [0.2, 0.25) is 0 Å². The lowest BCUT2D eigenvalue weighted by atomic mass is 9.93. The van der Waals surface area contributed by atoms with Gasteiger partial charge in [0, 0.05) is 28.6 Å². The van der Waals surface area contributed by atoms with Crippen LogP contribution in [0, 0.1) is 11.6 Å². The Hall–Kier alpha value is -3.72. The molecule has 0 fully saturated rings. The molecule has 2 aromatic carbocycles. The molecule has 6 nitrogen and oxygen atoms in total. The molecule has 0 amide bonds. The lowest BCUT2D eigenvalue weighted by molar-refractivity contribution is -0.118. The molecule has 15 heteroatoms. The molecule has 0 radical (unpaired) electrons. The molecule has 0 spiro atoms. The zero-order valence-corrected chi connectivity index (χ0v) is 20.5. The number of hydrogen-bond acceptors (Lipinski definition) is 5. The Bertz CT molecular complexity index is 1610. The fraction of sp³-hybridized carbons (Fsp3) is 0.208. The molecule has 2 aliphatic rings. The highest BCUT2D eigenvalue weighted by Gasteiger charge is 2.28. The minimum absolute atomic E-state index is 0.0641. The minimum Gasteiger partial charge on any atom is -0.456 e. The molecular formula is C24H18F8N2O4S. The third-order valence-corrected chi connectivity index (χ3v) is 4.85. The summed E-state index contributed by atoms with van der Waals surface area (Å²) in [7, 11) is -3.67. The van der Waals surface area contributed by atoms with Gasteiger partial charge in [-0.25, -0.2) is 8.78 Å². The molecule has 0 saturated carbocycles. The molecule has 1 heterocycles. The van der Waals surface area contributed by atoms with Crippen molar-refractivity contribution in [1.29, 1.82) is 0 Å². The van der Waals surface area contributed by atoms with Crippen LogP contribution in [0.3, 0.4) is 0 Å². The molecule has 0 aromatic heterocycles. The number of benzene rings is 3. The largest absolute Gasteiger partial charge is 0.456 e. The third-order valence-electron chi connectivity index (χ3n) is 4.85. The Morgan fingerprint density at radius 1 is 0.923 bits per heavy atom. The molecular weight excluding hydrogens is 564 g/mol. The first-order valence-corrected chi connectivity index (χ1v) is 12.5. The quantitative estimate of drug-likeness (QED) is 0.165. The Morgan fingerprint density at radius 3 is 2.10 bits per heavy atom. The molecule has 2 N–H and O–H groups in total. The maximum absolute atomic E-state index is 14.7. The molecule has 4 rings (SSSR count). The normalized spacial score (nSPS) is 12.9. The van der Waals surface area contributed by atoms with Gasteiger partial charge in [-0.05, 0) is 17.7 Å². The first kappa shape index (κ1) is 29.8. The predicted molar refractivity (Wildman–Crippen MR) is 127 cm³/mol. The smallest absolute Gasteiger partial charge is 0.407 e. The van der Waals surface area contributed by atoms with Crippen LogP contribution in [-0.4, -0.2) is 44.7 Å². The van der Waals surface area contributed by atoms with Crippen molar-refractivity contribution in [2.24, 2.45) is 4.99 Å². The lowest BCUT2D eigenvalue weighted by Crippen LogP contribution is -2.21. The average Bonchev–Trinajstić information content (AvgIpc) is 2.79. The van der Waals surface area contributed by atoms with Crippen molar-refractivity contribution >= 4 is 26.8 Å². The van der Waals surface area contributed by atoms with Crippen molar-refractivity contribution in [3.63, 3.8) is 0 Å². The number of alkyl halides is 6. The Labute approximate surface area is 215 Å². The summed E-state index contributed by atoms with van der Waals surface area (Å²) >= 11 is 0. The van der Waals surface area contributed by atoms with Crippen LogP contribution < -0.4 is 10.7 Å². The highest BCUT2D eigenvalue weighted by molar-refractivity contribution is 7.85. The Morgan fingerprint density at radius 2 is 1.54 bits per heavy atom. The van der Waals surface area contributed by atoms with Crippen LogP contribution in [0.5, 0.6) is 0 Å². The molecule has 39 heavy (non-hydrogen) atoms. The standard InChI is InChI=1S/C23H14F8N2O.CH4O3S/c24-15-6-13-19(8-17(15)32-10-22(26,27)28)34-20-9-18(33-11-23(29,30)31)16(25)7-14(20)21(13)12-4-2-1-3-5-12;1-5(2,3)4/h1-9,32H,10-11H2;1H3,(H,2,3,4). The zero-order chi connectivity index (χ0) is 29.2. The third kappa shape index (κ3) is 8.64. The van der Waals surface area contributed by atoms with E-state index in [-0.39, 0.29) is 22.3 Å². The number of anilines is 1. The summed E-state index contributed by atoms with van der Waals surface area (Å²) in [4.78, 5) is 3.24. The monoisotopic (exact) mass is 582 g/mol. The zero-order valence-electron chi connectivity index (χ0n) is 19.7. The van der Waals surface area contributed by atoms with Crippen LogP contribution in [0.4, 0.5) is 40.8 Å². The van der Waals surface area contributed by atoms with Crippen molar-refractivity contribution in [2.75, 3.05) is 24.7 Å². The van der Waals surface area contributed by atoms with E-state index in [2.05, 4.69) is 4.99 Å². The summed E-state index contributed by atoms with van der Waals surface area (Å²) in [6, 6.07) is 12.2. The number of nitrogens with zero attached hydrogens (tertiary/aromatic N) is 1. The van der Waals surface area contributed by atoms with Gasteiger partial charge in [-0.3, -0.25) is 9.55 Å². The van der Waals surface area contributed by atoms with Crippen LogP contribution in [0.25, 0.3) is 33.4 Å². The van der Waals surface area contributed by atoms with Gasteiger partial charge in [0.15, 0.2) is 0 Å². The van der Waals surface area contributed by atoms with Crippen molar-refractivity contribution in [3.05, 3.63) is 71.6 Å². The summed E-state index contributed by atoms with van der Waals surface area (Å²) in [5, 5.41) is 1.47. The second-order valence-electron chi connectivity index (χ2n) is 8.10. The number of hydrogen-bond donors (Lipinski definition) is 2. The van der Waals surface area contributed by atoms with Crippen molar-refractivity contribution in [2.45, 2.75) is 12.4 Å². The van der Waals surface area contributed by atoms with Gasteiger partial charge in [0.05, 0.1) is 17.3 Å². The summed E-state index contributed by atoms with van der Waals surface area (Å²) in [6.45, 7) is -3.12. The minimum atomic E-state index is -4.66. The fourth-order valence-corrected chi connectivity index (χ4v) is 3.46. The average molecular weight is 582 g/mol. The number of fused-ring (bicyclic) bond motifs is 2. The second kappa shape index (κ2) is 11.2. The van der Waals surface area contributed by atoms with E-state index in [1.807, 2.05) is 5.32 Å². The van der Waals surface area contributed by atoms with E-state index in [0.717, 1.165) is 24.3 Å². The SMILES string of the molecule is CS(=O)(=O)O.Fc1cc2c(-c3ccccc3)c3cc(F)c(=NCC(F)(F)F)cc-3oc2cc1NCC(F)(F)F. The van der Waals surface area contributed by atoms with E-state index in [1.54, 1.807) is 30.3 Å². The fourth-order valence-electron chi connectivity index (χ4n) is 3.46. The van der Waals surface area contributed by atoms with E-state index in [9.17, 15) is 43.5 Å². The first-order chi connectivity index (χ1) is 17.9. The molecule has 0 saturated heterocycles. The first-order valence-electron chi connectivity index (χ1n) is 10.7.